The Bertz CT molecular complexity index is 2520. The molecule has 9 aromatic rings. The van der Waals surface area contributed by atoms with Gasteiger partial charge in [-0.2, -0.15) is 0 Å². The van der Waals surface area contributed by atoms with Gasteiger partial charge in [-0.3, -0.25) is 4.98 Å². The van der Waals surface area contributed by atoms with Gasteiger partial charge in [0, 0.05) is 33.7 Å². The largest absolute Gasteiger partial charge is 0.456 e. The predicted molar refractivity (Wildman–Crippen MR) is 185 cm³/mol. The molecule has 220 valence electrons. The molecular formula is C40H24N6O. The van der Waals surface area contributed by atoms with Gasteiger partial charge in [-0.25, -0.2) is 24.9 Å². The highest BCUT2D eigenvalue weighted by atomic mass is 16.3. The van der Waals surface area contributed by atoms with E-state index in [0.717, 1.165) is 72.0 Å². The molecule has 5 aromatic carbocycles. The van der Waals surface area contributed by atoms with Crippen molar-refractivity contribution in [1.29, 1.82) is 0 Å². The van der Waals surface area contributed by atoms with Crippen LogP contribution in [0.3, 0.4) is 0 Å². The lowest BCUT2D eigenvalue weighted by atomic mass is 9.99. The lowest BCUT2D eigenvalue weighted by Crippen LogP contribution is -2.00. The molecule has 0 saturated carbocycles. The van der Waals surface area contributed by atoms with Crippen molar-refractivity contribution in [1.82, 2.24) is 29.9 Å². The van der Waals surface area contributed by atoms with E-state index in [9.17, 15) is 0 Å². The normalized spacial score (nSPS) is 11.4. The third-order valence-corrected chi connectivity index (χ3v) is 8.30. The van der Waals surface area contributed by atoms with Crippen LogP contribution in [0.25, 0.3) is 89.5 Å². The van der Waals surface area contributed by atoms with E-state index in [1.165, 1.54) is 0 Å². The maximum atomic E-state index is 6.12. The lowest BCUT2D eigenvalue weighted by Gasteiger charge is -2.10. The van der Waals surface area contributed by atoms with E-state index in [1.54, 1.807) is 12.5 Å². The van der Waals surface area contributed by atoms with Gasteiger partial charge in [0.1, 0.15) is 28.9 Å². The van der Waals surface area contributed by atoms with Gasteiger partial charge in [0.05, 0.1) is 10.9 Å². The van der Waals surface area contributed by atoms with Crippen LogP contribution in [-0.4, -0.2) is 29.9 Å². The van der Waals surface area contributed by atoms with Crippen LogP contribution in [0.5, 0.6) is 0 Å². The molecule has 7 heteroatoms. The van der Waals surface area contributed by atoms with Crippen molar-refractivity contribution in [2.24, 2.45) is 0 Å². The molecule has 47 heavy (non-hydrogen) atoms. The molecule has 0 atom stereocenters. The summed E-state index contributed by atoms with van der Waals surface area (Å²) < 4.78 is 6.12. The molecule has 0 amide bonds. The van der Waals surface area contributed by atoms with Gasteiger partial charge in [0.15, 0.2) is 17.5 Å². The van der Waals surface area contributed by atoms with E-state index in [2.05, 4.69) is 41.4 Å². The Hall–Kier alpha value is -6.60. The molecule has 0 saturated heterocycles. The maximum absolute atomic E-state index is 6.12. The molecule has 4 heterocycles. The van der Waals surface area contributed by atoms with Crippen molar-refractivity contribution in [3.05, 3.63) is 146 Å². The molecule has 0 radical (unpaired) electrons. The lowest BCUT2D eigenvalue weighted by molar-refractivity contribution is 0.668. The number of pyridine rings is 1. The summed E-state index contributed by atoms with van der Waals surface area (Å²) in [6.45, 7) is 0. The van der Waals surface area contributed by atoms with E-state index in [4.69, 9.17) is 29.3 Å². The zero-order valence-electron chi connectivity index (χ0n) is 24.9. The Kier molecular flexibility index (Phi) is 6.31. The summed E-state index contributed by atoms with van der Waals surface area (Å²) in [5.41, 5.74) is 8.76. The van der Waals surface area contributed by atoms with Gasteiger partial charge in [0.2, 0.25) is 0 Å². The molecular weight excluding hydrogens is 580 g/mol. The highest BCUT2D eigenvalue weighted by molar-refractivity contribution is 6.13. The van der Waals surface area contributed by atoms with Gasteiger partial charge in [0.25, 0.3) is 0 Å². The van der Waals surface area contributed by atoms with Crippen molar-refractivity contribution in [2.75, 3.05) is 0 Å². The minimum Gasteiger partial charge on any atom is -0.456 e. The second kappa shape index (κ2) is 11.1. The molecule has 0 aliphatic rings. The van der Waals surface area contributed by atoms with Crippen LogP contribution >= 0.6 is 0 Å². The monoisotopic (exact) mass is 604 g/mol. The fourth-order valence-electron chi connectivity index (χ4n) is 6.05. The second-order valence-corrected chi connectivity index (χ2v) is 11.2. The summed E-state index contributed by atoms with van der Waals surface area (Å²) in [6.07, 6.45) is 3.36. The van der Waals surface area contributed by atoms with E-state index < -0.39 is 0 Å². The number of fused-ring (bicyclic) bond motifs is 4. The average molecular weight is 605 g/mol. The van der Waals surface area contributed by atoms with E-state index in [0.29, 0.717) is 17.5 Å². The summed E-state index contributed by atoms with van der Waals surface area (Å²) >= 11 is 0. The number of benzene rings is 5. The maximum Gasteiger partial charge on any atom is 0.164 e. The number of hydrogen-bond donors (Lipinski definition) is 0. The number of rotatable bonds is 5. The second-order valence-electron chi connectivity index (χ2n) is 11.2. The first-order valence-electron chi connectivity index (χ1n) is 15.3. The van der Waals surface area contributed by atoms with Gasteiger partial charge in [-0.15, -0.1) is 0 Å². The molecule has 4 aromatic heterocycles. The van der Waals surface area contributed by atoms with Crippen LogP contribution in [0, 0.1) is 0 Å². The van der Waals surface area contributed by atoms with Gasteiger partial charge in [-0.05, 0) is 41.5 Å². The SMILES string of the molecule is c1ccc(-c2nc(-c3ccccc3)nc(-c3cccc(-c4ccc5c(-c6nccc7oc8ccccc8c67)ncnc5c4)c3)n2)cc1. The van der Waals surface area contributed by atoms with Crippen LogP contribution in [0.15, 0.2) is 150 Å². The van der Waals surface area contributed by atoms with Crippen molar-refractivity contribution < 1.29 is 4.42 Å². The van der Waals surface area contributed by atoms with Crippen LogP contribution < -0.4 is 0 Å². The summed E-state index contributed by atoms with van der Waals surface area (Å²) in [6, 6.07) is 44.4. The number of hydrogen-bond acceptors (Lipinski definition) is 7. The van der Waals surface area contributed by atoms with Crippen molar-refractivity contribution in [3.8, 4) is 56.7 Å². The van der Waals surface area contributed by atoms with Crippen LogP contribution in [0.1, 0.15) is 0 Å². The highest BCUT2D eigenvalue weighted by Gasteiger charge is 2.18. The minimum absolute atomic E-state index is 0.608. The van der Waals surface area contributed by atoms with Gasteiger partial charge < -0.3 is 4.42 Å². The quantitative estimate of drug-likeness (QED) is 0.193. The van der Waals surface area contributed by atoms with Gasteiger partial charge in [-0.1, -0.05) is 103 Å². The fraction of sp³-hybridized carbons (Fsp3) is 0. The Morgan fingerprint density at radius 3 is 1.81 bits per heavy atom. The zero-order valence-corrected chi connectivity index (χ0v) is 24.9. The molecule has 0 spiro atoms. The fourth-order valence-corrected chi connectivity index (χ4v) is 6.05. The molecule has 0 aliphatic carbocycles. The van der Waals surface area contributed by atoms with Crippen molar-refractivity contribution in [3.63, 3.8) is 0 Å². The molecule has 7 nitrogen and oxygen atoms in total. The summed E-state index contributed by atoms with van der Waals surface area (Å²) in [4.78, 5) is 28.8. The highest BCUT2D eigenvalue weighted by Crippen LogP contribution is 2.37. The zero-order chi connectivity index (χ0) is 31.2. The van der Waals surface area contributed by atoms with Gasteiger partial charge >= 0.3 is 0 Å². The Morgan fingerprint density at radius 2 is 1.04 bits per heavy atom. The average Bonchev–Trinajstić information content (AvgIpc) is 3.54. The Labute approximate surface area is 269 Å². The third-order valence-electron chi connectivity index (χ3n) is 8.30. The van der Waals surface area contributed by atoms with E-state index in [-0.39, 0.29) is 0 Å². The summed E-state index contributed by atoms with van der Waals surface area (Å²) in [5.74, 6) is 1.86. The molecule has 0 N–H and O–H groups in total. The molecule has 0 fully saturated rings. The molecule has 9 rings (SSSR count). The molecule has 0 bridgehead atoms. The van der Waals surface area contributed by atoms with Crippen molar-refractivity contribution >= 4 is 32.8 Å². The Morgan fingerprint density at radius 1 is 0.404 bits per heavy atom. The van der Waals surface area contributed by atoms with Crippen LogP contribution in [-0.2, 0) is 0 Å². The first-order valence-corrected chi connectivity index (χ1v) is 15.3. The van der Waals surface area contributed by atoms with Crippen LogP contribution in [0.2, 0.25) is 0 Å². The smallest absolute Gasteiger partial charge is 0.164 e. The van der Waals surface area contributed by atoms with Crippen molar-refractivity contribution in [2.45, 2.75) is 0 Å². The number of aromatic nitrogens is 6. The van der Waals surface area contributed by atoms with E-state index in [1.807, 2.05) is 97.1 Å². The molecule has 0 aliphatic heterocycles. The first-order chi connectivity index (χ1) is 23.3. The van der Waals surface area contributed by atoms with E-state index >= 15 is 0 Å². The summed E-state index contributed by atoms with van der Waals surface area (Å²) in [7, 11) is 0. The number of para-hydroxylation sites is 1. The minimum atomic E-state index is 0.608. The topological polar surface area (TPSA) is 90.5 Å². The Balaban J connectivity index is 1.14. The van der Waals surface area contributed by atoms with Crippen LogP contribution in [0.4, 0.5) is 0 Å². The number of nitrogens with zero attached hydrogens (tertiary/aromatic N) is 6. The first kappa shape index (κ1) is 26.8. The number of furan rings is 1. The summed E-state index contributed by atoms with van der Waals surface area (Å²) in [5, 5.41) is 2.87. The third kappa shape index (κ3) is 4.78. The standard InChI is InChI=1S/C40H24N6O/c1-3-10-25(11-4-1)38-44-39(26-12-5-2-6-13-26)46-40(45-38)29-15-9-14-27(22-29)28-18-19-30-32(23-28)42-24-43-36(30)37-35-31-16-7-8-17-33(31)47-34(35)20-21-41-37/h1-24H. The predicted octanol–water partition coefficient (Wildman–Crippen LogP) is 9.44. The molecule has 0 unspecified atom stereocenters.